The van der Waals surface area contributed by atoms with Crippen LogP contribution in [0.4, 0.5) is 0 Å². The fourth-order valence-electron chi connectivity index (χ4n) is 1.82. The van der Waals surface area contributed by atoms with Gasteiger partial charge in [-0.25, -0.2) is 4.98 Å². The second-order valence-electron chi connectivity index (χ2n) is 4.14. The number of aliphatic hydroxyl groups excluding tert-OH is 1. The molecule has 0 bridgehead atoms. The number of thiophene rings is 1. The molecule has 5 heteroatoms. The van der Waals surface area contributed by atoms with Crippen molar-refractivity contribution >= 4 is 21.6 Å². The fourth-order valence-corrected chi connectivity index (χ4v) is 2.81. The van der Waals surface area contributed by atoms with Crippen LogP contribution in [0.1, 0.15) is 23.3 Å². The zero-order valence-electron chi connectivity index (χ0n) is 10.1. The number of hydrogen-bond acceptors (Lipinski definition) is 4. The number of unbranched alkanes of at least 4 members (excludes halogenated alkanes) is 1. The molecule has 2 rings (SSSR count). The lowest BCUT2D eigenvalue weighted by Crippen LogP contribution is -2.20. The van der Waals surface area contributed by atoms with Crippen molar-refractivity contribution in [2.24, 2.45) is 0 Å². The van der Waals surface area contributed by atoms with E-state index in [1.54, 1.807) is 22.2 Å². The van der Waals surface area contributed by atoms with Crippen LogP contribution in [0.3, 0.4) is 0 Å². The number of rotatable bonds is 4. The Morgan fingerprint density at radius 2 is 2.18 bits per heavy atom. The molecule has 92 valence electrons. The lowest BCUT2D eigenvalue weighted by atomic mass is 10.2. The van der Waals surface area contributed by atoms with Crippen molar-refractivity contribution in [2.45, 2.75) is 33.2 Å². The van der Waals surface area contributed by atoms with E-state index < -0.39 is 0 Å². The van der Waals surface area contributed by atoms with E-state index in [2.05, 4.69) is 4.98 Å². The highest BCUT2D eigenvalue weighted by atomic mass is 32.1. The van der Waals surface area contributed by atoms with Gasteiger partial charge < -0.3 is 5.11 Å². The monoisotopic (exact) mass is 252 g/mol. The molecule has 0 aliphatic carbocycles. The van der Waals surface area contributed by atoms with Crippen molar-refractivity contribution in [3.8, 4) is 0 Å². The molecule has 0 spiro atoms. The average Bonchev–Trinajstić information content (AvgIpc) is 2.59. The van der Waals surface area contributed by atoms with E-state index in [-0.39, 0.29) is 12.2 Å². The molecule has 0 aliphatic rings. The zero-order valence-corrected chi connectivity index (χ0v) is 10.9. The molecule has 0 saturated heterocycles. The van der Waals surface area contributed by atoms with Crippen LogP contribution >= 0.6 is 11.3 Å². The molecule has 0 saturated carbocycles. The summed E-state index contributed by atoms with van der Waals surface area (Å²) in [7, 11) is 0. The Morgan fingerprint density at radius 3 is 2.88 bits per heavy atom. The molecule has 0 aliphatic heterocycles. The Morgan fingerprint density at radius 1 is 1.41 bits per heavy atom. The van der Waals surface area contributed by atoms with Gasteiger partial charge in [0.05, 0.1) is 11.7 Å². The third kappa shape index (κ3) is 2.25. The standard InChI is InChI=1S/C12H16N2O2S/c1-8-9(2)17-11-10(8)12(16)14(7-13-11)5-3-4-6-15/h7,15H,3-6H2,1-2H3. The minimum Gasteiger partial charge on any atom is -0.396 e. The molecule has 0 atom stereocenters. The molecule has 17 heavy (non-hydrogen) atoms. The van der Waals surface area contributed by atoms with Crippen LogP contribution in [0.2, 0.25) is 0 Å². The maximum atomic E-state index is 12.2. The van der Waals surface area contributed by atoms with Crippen molar-refractivity contribution in [1.82, 2.24) is 9.55 Å². The van der Waals surface area contributed by atoms with Crippen LogP contribution in [0.25, 0.3) is 10.2 Å². The Hall–Kier alpha value is -1.20. The van der Waals surface area contributed by atoms with Crippen LogP contribution in [0.15, 0.2) is 11.1 Å². The van der Waals surface area contributed by atoms with Crippen LogP contribution in [-0.4, -0.2) is 21.3 Å². The maximum absolute atomic E-state index is 12.2. The van der Waals surface area contributed by atoms with Crippen molar-refractivity contribution < 1.29 is 5.11 Å². The summed E-state index contributed by atoms with van der Waals surface area (Å²) in [4.78, 5) is 18.5. The van der Waals surface area contributed by atoms with Gasteiger partial charge in [0.1, 0.15) is 4.83 Å². The van der Waals surface area contributed by atoms with Gasteiger partial charge in [-0.1, -0.05) is 0 Å². The molecular weight excluding hydrogens is 236 g/mol. The number of aromatic nitrogens is 2. The van der Waals surface area contributed by atoms with Gasteiger partial charge in [0.15, 0.2) is 0 Å². The van der Waals surface area contributed by atoms with Crippen LogP contribution < -0.4 is 5.56 Å². The summed E-state index contributed by atoms with van der Waals surface area (Å²) in [5, 5.41) is 9.48. The summed E-state index contributed by atoms with van der Waals surface area (Å²) in [6.07, 6.45) is 3.12. The summed E-state index contributed by atoms with van der Waals surface area (Å²) in [5.74, 6) is 0. The lowest BCUT2D eigenvalue weighted by Gasteiger charge is -2.04. The molecule has 2 heterocycles. The highest BCUT2D eigenvalue weighted by Crippen LogP contribution is 2.25. The van der Waals surface area contributed by atoms with E-state index in [1.165, 1.54) is 0 Å². The predicted molar refractivity (Wildman–Crippen MR) is 69.7 cm³/mol. The van der Waals surface area contributed by atoms with E-state index in [1.807, 2.05) is 13.8 Å². The van der Waals surface area contributed by atoms with Crippen molar-refractivity contribution in [1.29, 1.82) is 0 Å². The van der Waals surface area contributed by atoms with Crippen molar-refractivity contribution in [3.05, 3.63) is 27.1 Å². The van der Waals surface area contributed by atoms with Crippen LogP contribution in [0.5, 0.6) is 0 Å². The first-order chi connectivity index (χ1) is 8.15. The number of nitrogens with zero attached hydrogens (tertiary/aromatic N) is 2. The van der Waals surface area contributed by atoms with Crippen molar-refractivity contribution in [2.75, 3.05) is 6.61 Å². The molecule has 4 nitrogen and oxygen atoms in total. The summed E-state index contributed by atoms with van der Waals surface area (Å²) in [5.41, 5.74) is 1.08. The number of aryl methyl sites for hydroxylation is 3. The Bertz CT molecular complexity index is 586. The van der Waals surface area contributed by atoms with Gasteiger partial charge in [0, 0.05) is 18.0 Å². The maximum Gasteiger partial charge on any atom is 0.262 e. The number of hydrogen-bond donors (Lipinski definition) is 1. The van der Waals surface area contributed by atoms with E-state index >= 15 is 0 Å². The average molecular weight is 252 g/mol. The van der Waals surface area contributed by atoms with Gasteiger partial charge in [0.2, 0.25) is 0 Å². The minimum atomic E-state index is 0.0368. The molecule has 0 amide bonds. The van der Waals surface area contributed by atoms with Crippen LogP contribution in [0, 0.1) is 13.8 Å². The first kappa shape index (κ1) is 12.3. The summed E-state index contributed by atoms with van der Waals surface area (Å²) < 4.78 is 1.64. The lowest BCUT2D eigenvalue weighted by molar-refractivity contribution is 0.281. The van der Waals surface area contributed by atoms with Gasteiger partial charge in [0.25, 0.3) is 5.56 Å². The summed E-state index contributed by atoms with van der Waals surface area (Å²) in [6, 6.07) is 0. The number of aliphatic hydroxyl groups is 1. The molecule has 0 aromatic carbocycles. The molecule has 0 radical (unpaired) electrons. The van der Waals surface area contributed by atoms with E-state index in [4.69, 9.17) is 5.11 Å². The van der Waals surface area contributed by atoms with Gasteiger partial charge in [-0.15, -0.1) is 11.3 Å². The summed E-state index contributed by atoms with van der Waals surface area (Å²) in [6.45, 7) is 4.77. The quantitative estimate of drug-likeness (QED) is 0.845. The van der Waals surface area contributed by atoms with Crippen LogP contribution in [-0.2, 0) is 6.54 Å². The zero-order chi connectivity index (χ0) is 12.4. The van der Waals surface area contributed by atoms with Gasteiger partial charge in [-0.05, 0) is 32.3 Å². The van der Waals surface area contributed by atoms with E-state index in [9.17, 15) is 4.79 Å². The van der Waals surface area contributed by atoms with Crippen molar-refractivity contribution in [3.63, 3.8) is 0 Å². The third-order valence-corrected chi connectivity index (χ3v) is 4.08. The number of fused-ring (bicyclic) bond motifs is 1. The minimum absolute atomic E-state index is 0.0368. The Labute approximate surface area is 104 Å². The molecule has 0 unspecified atom stereocenters. The first-order valence-corrected chi connectivity index (χ1v) is 6.52. The smallest absolute Gasteiger partial charge is 0.262 e. The normalized spacial score (nSPS) is 11.2. The van der Waals surface area contributed by atoms with E-state index in [0.29, 0.717) is 13.0 Å². The molecular formula is C12H16N2O2S. The SMILES string of the molecule is Cc1sc2ncn(CCCCO)c(=O)c2c1C. The molecule has 1 N–H and O–H groups in total. The van der Waals surface area contributed by atoms with Gasteiger partial charge in [-0.2, -0.15) is 0 Å². The third-order valence-electron chi connectivity index (χ3n) is 2.96. The first-order valence-electron chi connectivity index (χ1n) is 5.71. The Kier molecular flexibility index (Phi) is 3.59. The highest BCUT2D eigenvalue weighted by Gasteiger charge is 2.11. The fraction of sp³-hybridized carbons (Fsp3) is 0.500. The second kappa shape index (κ2) is 4.98. The second-order valence-corrected chi connectivity index (χ2v) is 5.34. The molecule has 2 aromatic rings. The molecule has 0 fully saturated rings. The Balaban J connectivity index is 2.43. The summed E-state index contributed by atoms with van der Waals surface area (Å²) >= 11 is 1.57. The van der Waals surface area contributed by atoms with Gasteiger partial charge >= 0.3 is 0 Å². The largest absolute Gasteiger partial charge is 0.396 e. The predicted octanol–water partition coefficient (Wildman–Crippen LogP) is 1.85. The van der Waals surface area contributed by atoms with Gasteiger partial charge in [-0.3, -0.25) is 9.36 Å². The van der Waals surface area contributed by atoms with E-state index in [0.717, 1.165) is 27.1 Å². The topological polar surface area (TPSA) is 55.1 Å². The molecule has 2 aromatic heterocycles. The highest BCUT2D eigenvalue weighted by molar-refractivity contribution is 7.18.